The number of amides is 1. The first-order chi connectivity index (χ1) is 9.98. The molecule has 1 aromatic rings. The quantitative estimate of drug-likeness (QED) is 0.874. The van der Waals surface area contributed by atoms with Gasteiger partial charge in [-0.3, -0.25) is 4.79 Å². The van der Waals surface area contributed by atoms with Crippen LogP contribution < -0.4 is 11.1 Å². The van der Waals surface area contributed by atoms with Crippen LogP contribution in [0.4, 0.5) is 0 Å². The molecular weight excluding hydrogens is 296 g/mol. The fourth-order valence-electron chi connectivity index (χ4n) is 3.23. The third-order valence-corrected chi connectivity index (χ3v) is 5.05. The number of carbonyl (C=O) groups is 1. The van der Waals surface area contributed by atoms with Crippen molar-refractivity contribution in [2.24, 2.45) is 11.7 Å². The summed E-state index contributed by atoms with van der Waals surface area (Å²) in [5.74, 6) is 0.199. The van der Waals surface area contributed by atoms with Crippen molar-refractivity contribution >= 4 is 18.3 Å². The van der Waals surface area contributed by atoms with Crippen molar-refractivity contribution in [3.05, 3.63) is 35.4 Å². The van der Waals surface area contributed by atoms with Gasteiger partial charge in [-0.25, -0.2) is 0 Å². The third kappa shape index (κ3) is 4.02. The van der Waals surface area contributed by atoms with Gasteiger partial charge in [0, 0.05) is 12.0 Å². The van der Waals surface area contributed by atoms with Crippen molar-refractivity contribution in [3.8, 4) is 0 Å². The molecule has 0 aromatic heterocycles. The Morgan fingerprint density at radius 3 is 2.77 bits per heavy atom. The van der Waals surface area contributed by atoms with Crippen LogP contribution in [0.15, 0.2) is 24.3 Å². The van der Waals surface area contributed by atoms with E-state index in [1.54, 1.807) is 0 Å². The van der Waals surface area contributed by atoms with Gasteiger partial charge in [0.15, 0.2) is 0 Å². The summed E-state index contributed by atoms with van der Waals surface area (Å²) in [6, 6.07) is 8.20. The van der Waals surface area contributed by atoms with E-state index in [0.717, 1.165) is 19.3 Å². The molecule has 0 radical (unpaired) electrons. The fraction of sp³-hybridized carbons (Fsp3) is 0.611. The molecule has 1 aliphatic rings. The van der Waals surface area contributed by atoms with Gasteiger partial charge in [0.2, 0.25) is 5.91 Å². The zero-order valence-corrected chi connectivity index (χ0v) is 14.7. The van der Waals surface area contributed by atoms with Gasteiger partial charge in [0.05, 0.1) is 6.04 Å². The van der Waals surface area contributed by atoms with E-state index in [1.807, 2.05) is 6.92 Å². The molecule has 0 heterocycles. The Bertz CT molecular complexity index is 506. The van der Waals surface area contributed by atoms with Crippen molar-refractivity contribution in [3.63, 3.8) is 0 Å². The molecule has 0 aliphatic heterocycles. The highest BCUT2D eigenvalue weighted by atomic mass is 35.5. The van der Waals surface area contributed by atoms with E-state index in [4.69, 9.17) is 5.73 Å². The van der Waals surface area contributed by atoms with Crippen molar-refractivity contribution < 1.29 is 4.79 Å². The summed E-state index contributed by atoms with van der Waals surface area (Å²) in [5, 5.41) is 3.08. The summed E-state index contributed by atoms with van der Waals surface area (Å²) in [7, 11) is 0. The van der Waals surface area contributed by atoms with Gasteiger partial charge >= 0.3 is 0 Å². The minimum Gasteiger partial charge on any atom is -0.354 e. The molecule has 0 saturated heterocycles. The maximum absolute atomic E-state index is 12.2. The average Bonchev–Trinajstić information content (AvgIpc) is 2.51. The Morgan fingerprint density at radius 1 is 1.41 bits per heavy atom. The smallest absolute Gasteiger partial charge is 0.237 e. The highest BCUT2D eigenvalue weighted by Gasteiger charge is 2.32. The number of nitrogens with one attached hydrogen (secondary N) is 1. The van der Waals surface area contributed by atoms with Gasteiger partial charge in [-0.2, -0.15) is 0 Å². The highest BCUT2D eigenvalue weighted by molar-refractivity contribution is 5.85. The van der Waals surface area contributed by atoms with Crippen LogP contribution in [0.1, 0.15) is 51.2 Å². The largest absolute Gasteiger partial charge is 0.354 e. The fourth-order valence-corrected chi connectivity index (χ4v) is 3.23. The number of halogens is 1. The minimum absolute atomic E-state index is 0. The van der Waals surface area contributed by atoms with E-state index in [-0.39, 0.29) is 29.6 Å². The molecule has 22 heavy (non-hydrogen) atoms. The molecule has 3 N–H and O–H groups in total. The molecule has 4 heteroatoms. The van der Waals surface area contributed by atoms with Gasteiger partial charge in [-0.1, -0.05) is 51.5 Å². The maximum atomic E-state index is 12.2. The molecule has 0 spiro atoms. The normalized spacial score (nSPS) is 22.9. The molecule has 1 amide bonds. The van der Waals surface area contributed by atoms with Crippen LogP contribution in [0.25, 0.3) is 0 Å². The van der Waals surface area contributed by atoms with Crippen molar-refractivity contribution in [2.45, 2.75) is 57.9 Å². The van der Waals surface area contributed by atoms with Crippen molar-refractivity contribution in [1.82, 2.24) is 5.32 Å². The van der Waals surface area contributed by atoms with Crippen LogP contribution in [-0.4, -0.2) is 18.5 Å². The lowest BCUT2D eigenvalue weighted by molar-refractivity contribution is -0.123. The maximum Gasteiger partial charge on any atom is 0.237 e. The predicted octanol–water partition coefficient (Wildman–Crippen LogP) is 3.19. The summed E-state index contributed by atoms with van der Waals surface area (Å²) in [4.78, 5) is 12.2. The Labute approximate surface area is 140 Å². The number of rotatable bonds is 5. The summed E-state index contributed by atoms with van der Waals surface area (Å²) < 4.78 is 0. The van der Waals surface area contributed by atoms with Gasteiger partial charge in [-0.15, -0.1) is 12.4 Å². The van der Waals surface area contributed by atoms with E-state index in [0.29, 0.717) is 6.54 Å². The van der Waals surface area contributed by atoms with E-state index < -0.39 is 6.04 Å². The Balaban J connectivity index is 0.00000242. The van der Waals surface area contributed by atoms with E-state index >= 15 is 0 Å². The lowest BCUT2D eigenvalue weighted by Crippen LogP contribution is -2.49. The second-order valence-corrected chi connectivity index (χ2v) is 6.70. The van der Waals surface area contributed by atoms with Crippen LogP contribution >= 0.6 is 12.4 Å². The zero-order valence-electron chi connectivity index (χ0n) is 13.9. The monoisotopic (exact) mass is 324 g/mol. The topological polar surface area (TPSA) is 55.1 Å². The summed E-state index contributed by atoms with van der Waals surface area (Å²) in [6.45, 7) is 7.02. The zero-order chi connectivity index (χ0) is 15.5. The summed E-state index contributed by atoms with van der Waals surface area (Å²) >= 11 is 0. The number of hydrogen-bond acceptors (Lipinski definition) is 2. The number of carbonyl (C=O) groups excluding carboxylic acids is 1. The number of fused-ring (bicyclic) bond motifs is 1. The Morgan fingerprint density at radius 2 is 2.09 bits per heavy atom. The Kier molecular flexibility index (Phi) is 6.89. The summed E-state index contributed by atoms with van der Waals surface area (Å²) in [6.07, 6.45) is 4.37. The van der Waals surface area contributed by atoms with Crippen LogP contribution in [0, 0.1) is 5.92 Å². The van der Waals surface area contributed by atoms with Gasteiger partial charge in [-0.05, 0) is 36.3 Å². The lowest BCUT2D eigenvalue weighted by atomic mass is 9.71. The number of nitrogens with two attached hydrogens (primary N) is 1. The molecule has 124 valence electrons. The van der Waals surface area contributed by atoms with Gasteiger partial charge in [0.25, 0.3) is 0 Å². The second kappa shape index (κ2) is 7.98. The molecule has 0 fully saturated rings. The van der Waals surface area contributed by atoms with Crippen LogP contribution in [0.2, 0.25) is 0 Å². The van der Waals surface area contributed by atoms with E-state index in [9.17, 15) is 4.79 Å². The molecule has 0 bridgehead atoms. The van der Waals surface area contributed by atoms with E-state index in [2.05, 4.69) is 43.4 Å². The van der Waals surface area contributed by atoms with Crippen LogP contribution in [-0.2, 0) is 16.6 Å². The van der Waals surface area contributed by atoms with Crippen LogP contribution in [0.5, 0.6) is 0 Å². The van der Waals surface area contributed by atoms with Crippen LogP contribution in [0.3, 0.4) is 0 Å². The standard InChI is InChI=1S/C18H28N2O.ClH/c1-4-13(2)16(19)17(21)20-12-18(3)11-7-9-14-8-5-6-10-15(14)18;/h5-6,8,10,13,16H,4,7,9,11-12,19H2,1-3H3,(H,20,21);1H. The molecule has 3 unspecified atom stereocenters. The van der Waals surface area contributed by atoms with Gasteiger partial charge < -0.3 is 11.1 Å². The number of aryl methyl sites for hydroxylation is 1. The number of benzene rings is 1. The molecule has 1 aromatic carbocycles. The van der Waals surface area contributed by atoms with Crippen molar-refractivity contribution in [1.29, 1.82) is 0 Å². The first-order valence-electron chi connectivity index (χ1n) is 8.09. The lowest BCUT2D eigenvalue weighted by Gasteiger charge is -2.36. The van der Waals surface area contributed by atoms with Gasteiger partial charge in [0.1, 0.15) is 0 Å². The molecule has 3 nitrogen and oxygen atoms in total. The summed E-state index contributed by atoms with van der Waals surface area (Å²) in [5.41, 5.74) is 8.85. The molecule has 2 rings (SSSR count). The molecule has 1 aliphatic carbocycles. The first kappa shape index (κ1) is 19.0. The molecule has 3 atom stereocenters. The third-order valence-electron chi connectivity index (χ3n) is 5.05. The predicted molar refractivity (Wildman–Crippen MR) is 94.4 cm³/mol. The Hall–Kier alpha value is -1.06. The van der Waals surface area contributed by atoms with E-state index in [1.165, 1.54) is 17.5 Å². The SMILES string of the molecule is CCC(C)C(N)C(=O)NCC1(C)CCCc2ccccc21.Cl. The second-order valence-electron chi connectivity index (χ2n) is 6.70. The van der Waals surface area contributed by atoms with Crippen molar-refractivity contribution in [2.75, 3.05) is 6.54 Å². The average molecular weight is 325 g/mol. The number of hydrogen-bond donors (Lipinski definition) is 2. The molecular formula is C18H29ClN2O. The minimum atomic E-state index is -0.405. The highest BCUT2D eigenvalue weighted by Crippen LogP contribution is 2.36. The molecule has 0 saturated carbocycles. The first-order valence-corrected chi connectivity index (χ1v) is 8.09.